The topological polar surface area (TPSA) is 111 Å². The lowest BCUT2D eigenvalue weighted by Crippen LogP contribution is -2.29. The van der Waals surface area contributed by atoms with E-state index in [1.54, 1.807) is 24.3 Å². The zero-order chi connectivity index (χ0) is 16.8. The minimum Gasteiger partial charge on any atom is -0.495 e. The van der Waals surface area contributed by atoms with E-state index in [9.17, 15) is 14.4 Å². The molecule has 2 aromatic rings. The Balaban J connectivity index is 2.02. The van der Waals surface area contributed by atoms with Gasteiger partial charge in [-0.3, -0.25) is 14.4 Å². The Kier molecular flexibility index (Phi) is 4.93. The van der Waals surface area contributed by atoms with Crippen molar-refractivity contribution in [2.75, 3.05) is 17.7 Å². The first kappa shape index (κ1) is 16.0. The van der Waals surface area contributed by atoms with Gasteiger partial charge in [0.05, 0.1) is 12.8 Å². The second-order valence-electron chi connectivity index (χ2n) is 4.55. The molecule has 0 heterocycles. The lowest BCUT2D eigenvalue weighted by Gasteiger charge is -2.10. The monoisotopic (exact) mass is 313 g/mol. The third kappa shape index (κ3) is 4.07. The van der Waals surface area contributed by atoms with E-state index in [0.29, 0.717) is 22.7 Å². The number of nitrogens with one attached hydrogen (secondary N) is 2. The molecule has 0 unspecified atom stereocenters. The molecule has 0 aromatic heterocycles. The summed E-state index contributed by atoms with van der Waals surface area (Å²) in [4.78, 5) is 34.8. The van der Waals surface area contributed by atoms with Crippen LogP contribution in [0.5, 0.6) is 5.75 Å². The van der Waals surface area contributed by atoms with E-state index in [1.165, 1.54) is 31.4 Å². The molecule has 118 valence electrons. The van der Waals surface area contributed by atoms with Crippen LogP contribution in [0, 0.1) is 0 Å². The van der Waals surface area contributed by atoms with Gasteiger partial charge in [0.2, 0.25) is 5.91 Å². The van der Waals surface area contributed by atoms with Crippen LogP contribution in [0.1, 0.15) is 10.4 Å². The number of methoxy groups -OCH3 is 1. The van der Waals surface area contributed by atoms with Crippen LogP contribution in [0.15, 0.2) is 48.5 Å². The Bertz CT molecular complexity index is 741. The number of ether oxygens (including phenoxy) is 1. The molecule has 0 atom stereocenters. The van der Waals surface area contributed by atoms with Gasteiger partial charge in [-0.05, 0) is 36.4 Å². The Morgan fingerprint density at radius 1 is 0.913 bits per heavy atom. The number of hydrogen-bond acceptors (Lipinski definition) is 4. The molecular weight excluding hydrogens is 298 g/mol. The van der Waals surface area contributed by atoms with Gasteiger partial charge in [0, 0.05) is 11.3 Å². The molecular formula is C16H15N3O4. The molecule has 0 aliphatic rings. The van der Waals surface area contributed by atoms with Crippen molar-refractivity contribution in [3.8, 4) is 5.75 Å². The smallest absolute Gasteiger partial charge is 0.314 e. The number of benzene rings is 2. The number of para-hydroxylation sites is 2. The molecule has 3 amide bonds. The van der Waals surface area contributed by atoms with Crippen LogP contribution in [-0.2, 0) is 9.59 Å². The number of nitrogens with two attached hydrogens (primary N) is 1. The molecule has 0 fully saturated rings. The lowest BCUT2D eigenvalue weighted by molar-refractivity contribution is -0.133. The number of anilines is 2. The molecule has 0 bridgehead atoms. The van der Waals surface area contributed by atoms with E-state index in [2.05, 4.69) is 10.6 Å². The summed E-state index contributed by atoms with van der Waals surface area (Å²) in [5.41, 5.74) is 6.19. The van der Waals surface area contributed by atoms with Gasteiger partial charge >= 0.3 is 11.8 Å². The van der Waals surface area contributed by atoms with Crippen LogP contribution in [0.4, 0.5) is 11.4 Å². The van der Waals surface area contributed by atoms with Gasteiger partial charge in [-0.1, -0.05) is 12.1 Å². The summed E-state index contributed by atoms with van der Waals surface area (Å²) in [6, 6.07) is 12.6. The van der Waals surface area contributed by atoms with Crippen molar-refractivity contribution in [2.24, 2.45) is 5.73 Å². The molecule has 2 aromatic carbocycles. The second-order valence-corrected chi connectivity index (χ2v) is 4.55. The minimum absolute atomic E-state index is 0.307. The highest BCUT2D eigenvalue weighted by Crippen LogP contribution is 2.22. The van der Waals surface area contributed by atoms with E-state index in [1.807, 2.05) is 0 Å². The number of carbonyl (C=O) groups excluding carboxylic acids is 3. The first-order chi connectivity index (χ1) is 11.0. The Morgan fingerprint density at radius 2 is 1.52 bits per heavy atom. The molecule has 0 aliphatic heterocycles. The summed E-state index contributed by atoms with van der Waals surface area (Å²) in [6.45, 7) is 0. The zero-order valence-electron chi connectivity index (χ0n) is 12.3. The number of amides is 3. The third-order valence-electron chi connectivity index (χ3n) is 2.99. The van der Waals surface area contributed by atoms with Crippen LogP contribution in [0.2, 0.25) is 0 Å². The summed E-state index contributed by atoms with van der Waals surface area (Å²) in [5.74, 6) is -1.81. The summed E-state index contributed by atoms with van der Waals surface area (Å²) in [5, 5.41) is 4.88. The van der Waals surface area contributed by atoms with E-state index in [4.69, 9.17) is 10.5 Å². The molecule has 2 rings (SSSR count). The second kappa shape index (κ2) is 7.08. The quantitative estimate of drug-likeness (QED) is 0.740. The Hall–Kier alpha value is -3.35. The first-order valence-corrected chi connectivity index (χ1v) is 6.66. The van der Waals surface area contributed by atoms with Gasteiger partial charge in [-0.2, -0.15) is 0 Å². The van der Waals surface area contributed by atoms with Gasteiger partial charge in [-0.15, -0.1) is 0 Å². The van der Waals surface area contributed by atoms with Crippen molar-refractivity contribution in [3.05, 3.63) is 54.1 Å². The van der Waals surface area contributed by atoms with Crippen molar-refractivity contribution >= 4 is 29.1 Å². The largest absolute Gasteiger partial charge is 0.495 e. The standard InChI is InChI=1S/C16H15N3O4/c1-23-13-5-3-2-4-12(13)19-16(22)15(21)18-11-8-6-10(7-9-11)14(17)20/h2-9H,1H3,(H2,17,20)(H,18,21)(H,19,22). The summed E-state index contributed by atoms with van der Waals surface area (Å²) >= 11 is 0. The van der Waals surface area contributed by atoms with Crippen LogP contribution < -0.4 is 21.1 Å². The highest BCUT2D eigenvalue weighted by Gasteiger charge is 2.16. The predicted molar refractivity (Wildman–Crippen MR) is 85.2 cm³/mol. The maximum Gasteiger partial charge on any atom is 0.314 e. The normalized spacial score (nSPS) is 9.78. The summed E-state index contributed by atoms with van der Waals surface area (Å²) in [7, 11) is 1.46. The minimum atomic E-state index is -0.845. The maximum absolute atomic E-state index is 11.9. The van der Waals surface area contributed by atoms with Crippen molar-refractivity contribution in [2.45, 2.75) is 0 Å². The zero-order valence-corrected chi connectivity index (χ0v) is 12.3. The van der Waals surface area contributed by atoms with Gasteiger partial charge < -0.3 is 21.1 Å². The van der Waals surface area contributed by atoms with E-state index < -0.39 is 17.7 Å². The van der Waals surface area contributed by atoms with Crippen molar-refractivity contribution in [1.82, 2.24) is 0 Å². The average Bonchev–Trinajstić information content (AvgIpc) is 2.55. The molecule has 0 aliphatic carbocycles. The molecule has 23 heavy (non-hydrogen) atoms. The SMILES string of the molecule is COc1ccccc1NC(=O)C(=O)Nc1ccc(C(N)=O)cc1. The number of primary amides is 1. The number of carbonyl (C=O) groups is 3. The molecule has 7 heteroatoms. The van der Waals surface area contributed by atoms with Crippen molar-refractivity contribution in [3.63, 3.8) is 0 Å². The van der Waals surface area contributed by atoms with Crippen LogP contribution in [0.3, 0.4) is 0 Å². The molecule has 0 radical (unpaired) electrons. The van der Waals surface area contributed by atoms with Crippen LogP contribution >= 0.6 is 0 Å². The van der Waals surface area contributed by atoms with Gasteiger partial charge in [0.1, 0.15) is 5.75 Å². The Morgan fingerprint density at radius 3 is 2.13 bits per heavy atom. The fraction of sp³-hybridized carbons (Fsp3) is 0.0625. The van der Waals surface area contributed by atoms with Crippen LogP contribution in [0.25, 0.3) is 0 Å². The van der Waals surface area contributed by atoms with E-state index in [0.717, 1.165) is 0 Å². The Labute approximate surface area is 132 Å². The lowest BCUT2D eigenvalue weighted by atomic mass is 10.2. The van der Waals surface area contributed by atoms with Gasteiger partial charge in [0.15, 0.2) is 0 Å². The molecule has 4 N–H and O–H groups in total. The first-order valence-electron chi connectivity index (χ1n) is 6.66. The molecule has 0 saturated carbocycles. The van der Waals surface area contributed by atoms with Crippen molar-refractivity contribution in [1.29, 1.82) is 0 Å². The van der Waals surface area contributed by atoms with Crippen molar-refractivity contribution < 1.29 is 19.1 Å². The number of rotatable bonds is 4. The molecule has 0 spiro atoms. The highest BCUT2D eigenvalue weighted by atomic mass is 16.5. The van der Waals surface area contributed by atoms with E-state index >= 15 is 0 Å². The fourth-order valence-electron chi connectivity index (χ4n) is 1.83. The third-order valence-corrected chi connectivity index (χ3v) is 2.99. The highest BCUT2D eigenvalue weighted by molar-refractivity contribution is 6.43. The summed E-state index contributed by atoms with van der Waals surface area (Å²) in [6.07, 6.45) is 0. The fourth-order valence-corrected chi connectivity index (χ4v) is 1.83. The predicted octanol–water partition coefficient (Wildman–Crippen LogP) is 1.37. The molecule has 0 saturated heterocycles. The number of hydrogen-bond donors (Lipinski definition) is 3. The maximum atomic E-state index is 11.9. The van der Waals surface area contributed by atoms with Gasteiger partial charge in [0.25, 0.3) is 0 Å². The summed E-state index contributed by atoms with van der Waals surface area (Å²) < 4.78 is 5.09. The average molecular weight is 313 g/mol. The molecule has 7 nitrogen and oxygen atoms in total. The van der Waals surface area contributed by atoms with E-state index in [-0.39, 0.29) is 0 Å². The van der Waals surface area contributed by atoms with Crippen LogP contribution in [-0.4, -0.2) is 24.8 Å². The van der Waals surface area contributed by atoms with Gasteiger partial charge in [-0.25, -0.2) is 0 Å².